The summed E-state index contributed by atoms with van der Waals surface area (Å²) in [5.74, 6) is -0.406. The minimum absolute atomic E-state index is 0.193. The molecule has 2 aromatic carbocycles. The Kier molecular flexibility index (Phi) is 4.72. The molecule has 1 aromatic heterocycles. The molecule has 130 valence electrons. The van der Waals surface area contributed by atoms with Crippen molar-refractivity contribution in [3.8, 4) is 0 Å². The summed E-state index contributed by atoms with van der Waals surface area (Å²) in [5, 5.41) is 4.37. The maximum Gasteiger partial charge on any atom is 0.416 e. The molecule has 3 rings (SSSR count). The number of hydrogen-bond acceptors (Lipinski definition) is 1. The fraction of sp³-hybridized carbons (Fsp3) is 0.167. The highest BCUT2D eigenvalue weighted by Gasteiger charge is 2.30. The number of aromatic amines is 1. The average molecular weight is 367 g/mol. The van der Waals surface area contributed by atoms with Crippen LogP contribution in [0.2, 0.25) is 5.02 Å². The third-order valence-corrected chi connectivity index (χ3v) is 4.12. The predicted molar refractivity (Wildman–Crippen MR) is 90.8 cm³/mol. The highest BCUT2D eigenvalue weighted by Crippen LogP contribution is 2.29. The molecule has 0 aliphatic carbocycles. The maximum atomic E-state index is 12.5. The van der Waals surface area contributed by atoms with Gasteiger partial charge in [0.05, 0.1) is 5.56 Å². The van der Waals surface area contributed by atoms with Crippen molar-refractivity contribution in [3.63, 3.8) is 0 Å². The molecule has 3 aromatic rings. The molecular formula is C18H14ClF3N2O. The first kappa shape index (κ1) is 17.4. The van der Waals surface area contributed by atoms with Gasteiger partial charge in [0.25, 0.3) is 5.91 Å². The van der Waals surface area contributed by atoms with E-state index in [9.17, 15) is 18.0 Å². The number of carbonyl (C=O) groups is 1. The predicted octanol–water partition coefficient (Wildman–Crippen LogP) is 4.81. The second kappa shape index (κ2) is 6.80. The van der Waals surface area contributed by atoms with E-state index in [0.29, 0.717) is 18.0 Å². The van der Waals surface area contributed by atoms with Crippen molar-refractivity contribution >= 4 is 28.4 Å². The molecule has 0 spiro atoms. The third-order valence-electron chi connectivity index (χ3n) is 3.88. The lowest BCUT2D eigenvalue weighted by atomic mass is 10.1. The summed E-state index contributed by atoms with van der Waals surface area (Å²) in [4.78, 5) is 15.1. The standard InChI is InChI=1S/C18H14ClF3N2O/c19-14-5-6-15-12(10-24-16(15)9-14)7-8-23-17(25)11-1-3-13(4-2-11)18(20,21)22/h1-6,9-10,24H,7-8H2,(H,23,25). The number of amides is 1. The first-order valence-electron chi connectivity index (χ1n) is 7.55. The summed E-state index contributed by atoms with van der Waals surface area (Å²) < 4.78 is 37.6. The van der Waals surface area contributed by atoms with Crippen LogP contribution in [0.15, 0.2) is 48.7 Å². The number of benzene rings is 2. The molecule has 0 aliphatic heterocycles. The van der Waals surface area contributed by atoms with E-state index in [1.165, 1.54) is 12.1 Å². The second-order valence-corrected chi connectivity index (χ2v) is 6.02. The van der Waals surface area contributed by atoms with Crippen LogP contribution in [0, 0.1) is 0 Å². The van der Waals surface area contributed by atoms with Gasteiger partial charge in [-0.15, -0.1) is 0 Å². The normalized spacial score (nSPS) is 11.7. The largest absolute Gasteiger partial charge is 0.416 e. The van der Waals surface area contributed by atoms with Crippen LogP contribution >= 0.6 is 11.6 Å². The van der Waals surface area contributed by atoms with E-state index in [1.807, 2.05) is 18.3 Å². The van der Waals surface area contributed by atoms with E-state index in [-0.39, 0.29) is 5.56 Å². The van der Waals surface area contributed by atoms with Gasteiger partial charge in [-0.25, -0.2) is 0 Å². The number of alkyl halides is 3. The molecule has 0 saturated carbocycles. The van der Waals surface area contributed by atoms with E-state index >= 15 is 0 Å². The summed E-state index contributed by atoms with van der Waals surface area (Å²) in [6.07, 6.45) is -1.97. The van der Waals surface area contributed by atoms with Crippen molar-refractivity contribution < 1.29 is 18.0 Å². The summed E-state index contributed by atoms with van der Waals surface area (Å²) in [7, 11) is 0. The first-order chi connectivity index (χ1) is 11.8. The Morgan fingerprint density at radius 3 is 2.52 bits per heavy atom. The van der Waals surface area contributed by atoms with Crippen LogP contribution < -0.4 is 5.32 Å². The number of hydrogen-bond donors (Lipinski definition) is 2. The zero-order valence-electron chi connectivity index (χ0n) is 13.0. The fourth-order valence-corrected chi connectivity index (χ4v) is 2.76. The minimum atomic E-state index is -4.41. The van der Waals surface area contributed by atoms with E-state index in [1.54, 1.807) is 6.07 Å². The Balaban J connectivity index is 1.60. The van der Waals surface area contributed by atoms with Crippen LogP contribution in [0.5, 0.6) is 0 Å². The van der Waals surface area contributed by atoms with Gasteiger partial charge < -0.3 is 10.3 Å². The van der Waals surface area contributed by atoms with Gasteiger partial charge in [0.1, 0.15) is 0 Å². The van der Waals surface area contributed by atoms with Crippen molar-refractivity contribution in [3.05, 3.63) is 70.4 Å². The second-order valence-electron chi connectivity index (χ2n) is 5.58. The molecule has 2 N–H and O–H groups in total. The molecule has 1 heterocycles. The molecular weight excluding hydrogens is 353 g/mol. The summed E-state index contributed by atoms with van der Waals surface area (Å²) in [6, 6.07) is 9.67. The van der Waals surface area contributed by atoms with Crippen molar-refractivity contribution in [1.29, 1.82) is 0 Å². The van der Waals surface area contributed by atoms with Gasteiger partial charge in [0.15, 0.2) is 0 Å². The average Bonchev–Trinajstić information content (AvgIpc) is 2.96. The lowest BCUT2D eigenvalue weighted by Gasteiger charge is -2.08. The SMILES string of the molecule is O=C(NCCc1c[nH]c2cc(Cl)ccc12)c1ccc(C(F)(F)F)cc1. The Hall–Kier alpha value is -2.47. The smallest absolute Gasteiger partial charge is 0.361 e. The number of aromatic nitrogens is 1. The number of H-pyrrole nitrogens is 1. The van der Waals surface area contributed by atoms with E-state index in [4.69, 9.17) is 11.6 Å². The van der Waals surface area contributed by atoms with Gasteiger partial charge >= 0.3 is 6.18 Å². The number of nitrogens with one attached hydrogen (secondary N) is 2. The molecule has 25 heavy (non-hydrogen) atoms. The molecule has 1 amide bonds. The minimum Gasteiger partial charge on any atom is -0.361 e. The molecule has 7 heteroatoms. The Morgan fingerprint density at radius 1 is 1.12 bits per heavy atom. The number of halogens is 4. The quantitative estimate of drug-likeness (QED) is 0.683. The van der Waals surface area contributed by atoms with Crippen LogP contribution in [-0.2, 0) is 12.6 Å². The monoisotopic (exact) mass is 366 g/mol. The molecule has 0 fully saturated rings. The number of rotatable bonds is 4. The van der Waals surface area contributed by atoms with Crippen molar-refractivity contribution in [2.24, 2.45) is 0 Å². The lowest BCUT2D eigenvalue weighted by molar-refractivity contribution is -0.137. The van der Waals surface area contributed by atoms with Gasteiger partial charge in [0, 0.05) is 34.2 Å². The van der Waals surface area contributed by atoms with Crippen LogP contribution in [0.4, 0.5) is 13.2 Å². The fourth-order valence-electron chi connectivity index (χ4n) is 2.59. The number of carbonyl (C=O) groups excluding carboxylic acids is 1. The first-order valence-corrected chi connectivity index (χ1v) is 7.93. The van der Waals surface area contributed by atoms with Gasteiger partial charge in [0.2, 0.25) is 0 Å². The van der Waals surface area contributed by atoms with Crippen molar-refractivity contribution in [2.75, 3.05) is 6.54 Å². The van der Waals surface area contributed by atoms with E-state index in [0.717, 1.165) is 28.6 Å². The van der Waals surface area contributed by atoms with Gasteiger partial charge in [-0.3, -0.25) is 4.79 Å². The van der Waals surface area contributed by atoms with Gasteiger partial charge in [-0.2, -0.15) is 13.2 Å². The zero-order valence-corrected chi connectivity index (χ0v) is 13.7. The molecule has 3 nitrogen and oxygen atoms in total. The van der Waals surface area contributed by atoms with Crippen molar-refractivity contribution in [1.82, 2.24) is 10.3 Å². The van der Waals surface area contributed by atoms with Crippen LogP contribution in [-0.4, -0.2) is 17.4 Å². The van der Waals surface area contributed by atoms with Gasteiger partial charge in [-0.1, -0.05) is 17.7 Å². The Morgan fingerprint density at radius 2 is 1.84 bits per heavy atom. The highest BCUT2D eigenvalue weighted by molar-refractivity contribution is 6.31. The zero-order chi connectivity index (χ0) is 18.0. The highest BCUT2D eigenvalue weighted by atomic mass is 35.5. The van der Waals surface area contributed by atoms with Crippen LogP contribution in [0.25, 0.3) is 10.9 Å². The molecule has 0 radical (unpaired) electrons. The van der Waals surface area contributed by atoms with Crippen LogP contribution in [0.3, 0.4) is 0 Å². The molecule has 0 unspecified atom stereocenters. The number of fused-ring (bicyclic) bond motifs is 1. The van der Waals surface area contributed by atoms with Gasteiger partial charge in [-0.05, 0) is 48.4 Å². The van der Waals surface area contributed by atoms with Crippen LogP contribution in [0.1, 0.15) is 21.5 Å². The lowest BCUT2D eigenvalue weighted by Crippen LogP contribution is -2.25. The topological polar surface area (TPSA) is 44.9 Å². The summed E-state index contributed by atoms with van der Waals surface area (Å²) >= 11 is 5.93. The molecule has 0 atom stereocenters. The summed E-state index contributed by atoms with van der Waals surface area (Å²) in [5.41, 5.74) is 1.36. The maximum absolute atomic E-state index is 12.5. The van der Waals surface area contributed by atoms with E-state index in [2.05, 4.69) is 10.3 Å². The summed E-state index contributed by atoms with van der Waals surface area (Å²) in [6.45, 7) is 0.370. The molecule has 0 saturated heterocycles. The Labute approximate surface area is 146 Å². The Bertz CT molecular complexity index is 901. The van der Waals surface area contributed by atoms with E-state index < -0.39 is 17.6 Å². The van der Waals surface area contributed by atoms with Crippen molar-refractivity contribution in [2.45, 2.75) is 12.6 Å². The third kappa shape index (κ3) is 3.96. The molecule has 0 aliphatic rings. The molecule has 0 bridgehead atoms.